The second-order valence-electron chi connectivity index (χ2n) is 13.7. The molecule has 3 aromatic carbocycles. The molecule has 2 heteroatoms. The van der Waals surface area contributed by atoms with E-state index in [1.54, 1.807) is 0 Å². The van der Waals surface area contributed by atoms with Gasteiger partial charge >= 0.3 is 0 Å². The molecule has 0 atom stereocenters. The van der Waals surface area contributed by atoms with Crippen LogP contribution in [0.15, 0.2) is 72.8 Å². The molecule has 262 valence electrons. The van der Waals surface area contributed by atoms with Gasteiger partial charge in [-0.2, -0.15) is 0 Å². The van der Waals surface area contributed by atoms with E-state index in [1.807, 2.05) is 0 Å². The van der Waals surface area contributed by atoms with Crippen LogP contribution in [0.25, 0.3) is 24.3 Å². The van der Waals surface area contributed by atoms with Crippen LogP contribution in [0.2, 0.25) is 0 Å². The quantitative estimate of drug-likeness (QED) is 0.0631. The Hall–Kier alpha value is -3.26. The summed E-state index contributed by atoms with van der Waals surface area (Å²) in [4.78, 5) is 5.22. The molecule has 3 aromatic rings. The first kappa shape index (κ1) is 39.2. The summed E-state index contributed by atoms with van der Waals surface area (Å²) >= 11 is 0. The zero-order valence-electron chi connectivity index (χ0n) is 31.3. The molecule has 0 aliphatic heterocycles. The molecule has 0 heterocycles. The minimum Gasteiger partial charge on any atom is -0.372 e. The summed E-state index contributed by atoms with van der Waals surface area (Å²) in [6, 6.07) is 27.2. The van der Waals surface area contributed by atoms with Crippen LogP contribution >= 0.6 is 0 Å². The summed E-state index contributed by atoms with van der Waals surface area (Å²) in [5.41, 5.74) is 7.70. The smallest absolute Gasteiger partial charge is 0.0366 e. The third-order valence-corrected chi connectivity index (χ3v) is 9.52. The van der Waals surface area contributed by atoms with Crippen molar-refractivity contribution in [2.45, 2.75) is 130 Å². The summed E-state index contributed by atoms with van der Waals surface area (Å²) in [5, 5.41) is 0. The van der Waals surface area contributed by atoms with E-state index in [1.165, 1.54) is 163 Å². The SMILES string of the molecule is CCCCCCN(CCCCCC)c1ccc(/C=C/c2ccc(/C=C/c3ccc(N(CCCCCC)CCCCCC)cc3)cc2)cc1. The van der Waals surface area contributed by atoms with Gasteiger partial charge in [-0.05, 0) is 72.2 Å². The maximum Gasteiger partial charge on any atom is 0.0366 e. The molecule has 0 fully saturated rings. The van der Waals surface area contributed by atoms with Gasteiger partial charge in [-0.25, -0.2) is 0 Å². The van der Waals surface area contributed by atoms with E-state index < -0.39 is 0 Å². The fraction of sp³-hybridized carbons (Fsp3) is 0.522. The van der Waals surface area contributed by atoms with Crippen LogP contribution in [-0.4, -0.2) is 26.2 Å². The molecule has 0 bridgehead atoms. The summed E-state index contributed by atoms with van der Waals surface area (Å²) in [6.45, 7) is 13.9. The average molecular weight is 649 g/mol. The van der Waals surface area contributed by atoms with Crippen molar-refractivity contribution in [3.63, 3.8) is 0 Å². The zero-order chi connectivity index (χ0) is 34.1. The van der Waals surface area contributed by atoms with E-state index in [0.29, 0.717) is 0 Å². The third kappa shape index (κ3) is 15.8. The minimum atomic E-state index is 1.17. The molecule has 0 unspecified atom stereocenters. The van der Waals surface area contributed by atoms with Gasteiger partial charge in [-0.1, -0.05) is 178 Å². The number of benzene rings is 3. The lowest BCUT2D eigenvalue weighted by Crippen LogP contribution is -2.25. The molecule has 3 rings (SSSR count). The number of unbranched alkanes of at least 4 members (excludes halogenated alkanes) is 12. The Morgan fingerprint density at radius 2 is 0.542 bits per heavy atom. The van der Waals surface area contributed by atoms with Gasteiger partial charge in [0.15, 0.2) is 0 Å². The van der Waals surface area contributed by atoms with E-state index >= 15 is 0 Å². The molecule has 0 aliphatic rings. The Bertz CT molecular complexity index is 1130. The van der Waals surface area contributed by atoms with Crippen LogP contribution in [0, 0.1) is 0 Å². The van der Waals surface area contributed by atoms with Crippen LogP contribution in [0.4, 0.5) is 11.4 Å². The van der Waals surface area contributed by atoms with Crippen LogP contribution in [-0.2, 0) is 0 Å². The molecule has 0 amide bonds. The molecule has 0 aliphatic carbocycles. The van der Waals surface area contributed by atoms with E-state index in [0.717, 1.165) is 0 Å². The Kier molecular flexibility index (Phi) is 20.3. The molecule has 0 radical (unpaired) electrons. The van der Waals surface area contributed by atoms with Gasteiger partial charge in [0.25, 0.3) is 0 Å². The van der Waals surface area contributed by atoms with Crippen LogP contribution in [0.3, 0.4) is 0 Å². The molecule has 0 N–H and O–H groups in total. The lowest BCUT2D eigenvalue weighted by Gasteiger charge is -2.25. The van der Waals surface area contributed by atoms with Crippen LogP contribution in [0.5, 0.6) is 0 Å². The molecule has 0 saturated heterocycles. The van der Waals surface area contributed by atoms with E-state index in [4.69, 9.17) is 0 Å². The second-order valence-corrected chi connectivity index (χ2v) is 13.7. The van der Waals surface area contributed by atoms with Gasteiger partial charge < -0.3 is 9.80 Å². The number of hydrogen-bond donors (Lipinski definition) is 0. The molecular formula is C46H68N2. The maximum atomic E-state index is 2.61. The lowest BCUT2D eigenvalue weighted by molar-refractivity contribution is 0.609. The van der Waals surface area contributed by atoms with Crippen LogP contribution < -0.4 is 9.80 Å². The van der Waals surface area contributed by atoms with Crippen molar-refractivity contribution >= 4 is 35.7 Å². The summed E-state index contributed by atoms with van der Waals surface area (Å²) < 4.78 is 0. The molecule has 0 spiro atoms. The first-order valence-corrected chi connectivity index (χ1v) is 19.8. The van der Waals surface area contributed by atoms with E-state index in [-0.39, 0.29) is 0 Å². The maximum absolute atomic E-state index is 2.61. The zero-order valence-corrected chi connectivity index (χ0v) is 31.3. The van der Waals surface area contributed by atoms with Gasteiger partial charge in [0.1, 0.15) is 0 Å². The highest BCUT2D eigenvalue weighted by Crippen LogP contribution is 2.21. The molecule has 2 nitrogen and oxygen atoms in total. The predicted octanol–water partition coefficient (Wildman–Crippen LogP) is 14.0. The first-order valence-electron chi connectivity index (χ1n) is 19.8. The fourth-order valence-electron chi connectivity index (χ4n) is 6.35. The highest BCUT2D eigenvalue weighted by molar-refractivity contribution is 5.74. The second kappa shape index (κ2) is 24.8. The first-order chi connectivity index (χ1) is 23.7. The summed E-state index contributed by atoms with van der Waals surface area (Å²) in [5.74, 6) is 0. The third-order valence-electron chi connectivity index (χ3n) is 9.52. The summed E-state index contributed by atoms with van der Waals surface area (Å²) in [7, 11) is 0. The van der Waals surface area contributed by atoms with Crippen molar-refractivity contribution in [1.29, 1.82) is 0 Å². The lowest BCUT2D eigenvalue weighted by atomic mass is 10.1. The van der Waals surface area contributed by atoms with Crippen molar-refractivity contribution in [1.82, 2.24) is 0 Å². The topological polar surface area (TPSA) is 6.48 Å². The van der Waals surface area contributed by atoms with Gasteiger partial charge in [0, 0.05) is 37.6 Å². The average Bonchev–Trinajstić information content (AvgIpc) is 3.13. The normalized spacial score (nSPS) is 11.6. The Labute approximate surface area is 296 Å². The number of rotatable bonds is 26. The minimum absolute atomic E-state index is 1.17. The van der Waals surface area contributed by atoms with Gasteiger partial charge in [0.2, 0.25) is 0 Å². The standard InChI is InChI=1S/C46H68N2/c1-5-9-13-17-37-47(38-18-14-10-6-2)45-33-29-43(30-34-45)27-25-41-21-23-42(24-22-41)26-28-44-31-35-46(36-32-44)48(39-19-15-11-7-3)40-20-16-12-8-4/h21-36H,5-20,37-40H2,1-4H3/b27-25+,28-26+. The van der Waals surface area contributed by atoms with Crippen molar-refractivity contribution in [3.8, 4) is 0 Å². The van der Waals surface area contributed by atoms with Crippen molar-refractivity contribution in [2.24, 2.45) is 0 Å². The monoisotopic (exact) mass is 649 g/mol. The van der Waals surface area contributed by atoms with Crippen molar-refractivity contribution in [2.75, 3.05) is 36.0 Å². The van der Waals surface area contributed by atoms with Gasteiger partial charge in [0.05, 0.1) is 0 Å². The highest BCUT2D eigenvalue weighted by Gasteiger charge is 2.08. The highest BCUT2D eigenvalue weighted by atomic mass is 15.1. The number of anilines is 2. The molecule has 0 aromatic heterocycles. The van der Waals surface area contributed by atoms with E-state index in [2.05, 4.69) is 135 Å². The van der Waals surface area contributed by atoms with Crippen LogP contribution in [0.1, 0.15) is 153 Å². The molecule has 48 heavy (non-hydrogen) atoms. The fourth-order valence-corrected chi connectivity index (χ4v) is 6.35. The Morgan fingerprint density at radius 1 is 0.312 bits per heavy atom. The van der Waals surface area contributed by atoms with Gasteiger partial charge in [-0.3, -0.25) is 0 Å². The predicted molar refractivity (Wildman–Crippen MR) is 218 cm³/mol. The Morgan fingerprint density at radius 3 is 0.771 bits per heavy atom. The number of hydrogen-bond acceptors (Lipinski definition) is 2. The largest absolute Gasteiger partial charge is 0.372 e. The van der Waals surface area contributed by atoms with Crippen molar-refractivity contribution in [3.05, 3.63) is 95.1 Å². The van der Waals surface area contributed by atoms with E-state index in [9.17, 15) is 0 Å². The summed E-state index contributed by atoms with van der Waals surface area (Å²) in [6.07, 6.45) is 30.0. The molecular weight excluding hydrogens is 581 g/mol. The molecule has 0 saturated carbocycles. The Balaban J connectivity index is 1.54. The number of nitrogens with zero attached hydrogens (tertiary/aromatic N) is 2. The van der Waals surface area contributed by atoms with Crippen molar-refractivity contribution < 1.29 is 0 Å². The van der Waals surface area contributed by atoms with Gasteiger partial charge in [-0.15, -0.1) is 0 Å².